The first-order valence-corrected chi connectivity index (χ1v) is 14.0. The molecule has 0 aliphatic carbocycles. The Morgan fingerprint density at radius 3 is 1.31 bits per heavy atom. The minimum atomic E-state index is -2.67. The van der Waals surface area contributed by atoms with Crippen LogP contribution in [0.15, 0.2) is 0 Å². The first-order valence-electron chi connectivity index (χ1n) is 14.0. The summed E-state index contributed by atoms with van der Waals surface area (Å²) in [7, 11) is 0. The third kappa shape index (κ3) is 6.49. The largest absolute Gasteiger partial charge is 0.394 e. The van der Waals surface area contributed by atoms with Crippen LogP contribution in [0, 0.1) is 0 Å². The number of ether oxygens (including phenoxy) is 7. The average molecular weight is 667 g/mol. The van der Waals surface area contributed by atoms with Gasteiger partial charge in [-0.15, -0.1) is 0 Å². The highest BCUT2D eigenvalue weighted by Gasteiger charge is 2.64. The number of rotatable bonds is 13. The Kier molecular flexibility index (Phi) is 11.8. The van der Waals surface area contributed by atoms with Gasteiger partial charge in [-0.2, -0.15) is 0 Å². The van der Waals surface area contributed by atoms with Crippen LogP contribution in [0.1, 0.15) is 0 Å². The lowest BCUT2D eigenvalue weighted by Gasteiger charge is -2.44. The molecule has 21 heteroatoms. The number of hydrogen-bond donors (Lipinski definition) is 14. The summed E-state index contributed by atoms with van der Waals surface area (Å²) in [6.07, 6.45) is -25.6. The van der Waals surface area contributed by atoms with Crippen LogP contribution in [0.3, 0.4) is 0 Å². The Labute approximate surface area is 254 Å². The monoisotopic (exact) mass is 666 g/mol. The van der Waals surface area contributed by atoms with Crippen molar-refractivity contribution in [1.82, 2.24) is 0 Å². The molecule has 4 aliphatic heterocycles. The van der Waals surface area contributed by atoms with Crippen molar-refractivity contribution in [3.8, 4) is 0 Å². The minimum absolute atomic E-state index is 0.809. The molecule has 0 amide bonds. The van der Waals surface area contributed by atoms with Crippen LogP contribution in [0.4, 0.5) is 0 Å². The van der Waals surface area contributed by atoms with Crippen molar-refractivity contribution >= 4 is 0 Å². The summed E-state index contributed by atoms with van der Waals surface area (Å²) in [5, 5.41) is 143. The molecule has 14 N–H and O–H groups in total. The zero-order chi connectivity index (χ0) is 33.5. The standard InChI is InChI=1S/C24H42O21/c25-1-8-12(30)16(34)17(35)21(41-8)45-24(20(38)15(33)11(4-28)44-24)7-40-23(19(37)14(32)10(3-27)43-23)6-39-22(5-29)18(36)13(31)9(2-26)42-22/h8-21,25-38H,1-7H2/t8?,9-,10-,11-,12-,13?,14?,15?,16+,17?,18-,19-,20-,21-,22-,23-,24+/m1/s1. The summed E-state index contributed by atoms with van der Waals surface area (Å²) >= 11 is 0. The van der Waals surface area contributed by atoms with Crippen molar-refractivity contribution in [2.75, 3.05) is 46.2 Å². The van der Waals surface area contributed by atoms with Gasteiger partial charge < -0.3 is 105 Å². The molecule has 0 aromatic rings. The van der Waals surface area contributed by atoms with E-state index in [1.54, 1.807) is 0 Å². The molecule has 4 saturated heterocycles. The predicted molar refractivity (Wildman–Crippen MR) is 134 cm³/mol. The second kappa shape index (κ2) is 14.3. The molecule has 17 atom stereocenters. The summed E-state index contributed by atoms with van der Waals surface area (Å²) in [4.78, 5) is 0. The van der Waals surface area contributed by atoms with E-state index >= 15 is 0 Å². The molecule has 4 fully saturated rings. The Morgan fingerprint density at radius 1 is 0.444 bits per heavy atom. The van der Waals surface area contributed by atoms with Crippen LogP contribution in [0.25, 0.3) is 0 Å². The van der Waals surface area contributed by atoms with Crippen molar-refractivity contribution in [1.29, 1.82) is 0 Å². The SMILES string of the molecule is OCC1O[C@H](O[C@]2(CO[C@]3(CO[C@]4(CO)O[C@H](CO)C(O)[C@H]4O)O[C@H](CO)C(O)[C@H]3O)O[C@H](CO)C(O)[C@H]2O)C(O)[C@@H](O)[C@@H]1O. The van der Waals surface area contributed by atoms with Gasteiger partial charge in [-0.05, 0) is 0 Å². The molecule has 4 aliphatic rings. The van der Waals surface area contributed by atoms with Crippen molar-refractivity contribution in [3.05, 3.63) is 0 Å². The topological polar surface area (TPSA) is 348 Å². The molecule has 4 rings (SSSR count). The molecule has 264 valence electrons. The lowest BCUT2D eigenvalue weighted by atomic mass is 9.99. The second-order valence-electron chi connectivity index (χ2n) is 11.3. The molecule has 4 heterocycles. The smallest absolute Gasteiger partial charge is 0.224 e. The van der Waals surface area contributed by atoms with Gasteiger partial charge in [0, 0.05) is 0 Å². The van der Waals surface area contributed by atoms with Crippen LogP contribution in [-0.4, -0.2) is 221 Å². The van der Waals surface area contributed by atoms with E-state index in [4.69, 9.17) is 33.2 Å². The Hall–Kier alpha value is -0.840. The summed E-state index contributed by atoms with van der Waals surface area (Å²) in [5.41, 5.74) is 0. The quantitative estimate of drug-likeness (QED) is 0.0867. The predicted octanol–water partition coefficient (Wildman–Crippen LogP) is -9.74. The van der Waals surface area contributed by atoms with Gasteiger partial charge in [-0.1, -0.05) is 0 Å². The maximum Gasteiger partial charge on any atom is 0.224 e. The molecule has 0 aromatic carbocycles. The Bertz CT molecular complexity index is 962. The highest BCUT2D eigenvalue weighted by Crippen LogP contribution is 2.41. The fourth-order valence-corrected chi connectivity index (χ4v) is 5.65. The molecular formula is C24H42O21. The molecule has 0 radical (unpaired) electrons. The zero-order valence-corrected chi connectivity index (χ0v) is 23.7. The number of hydrogen-bond acceptors (Lipinski definition) is 21. The van der Waals surface area contributed by atoms with E-state index < -0.39 is 149 Å². The van der Waals surface area contributed by atoms with Crippen LogP contribution in [-0.2, 0) is 33.2 Å². The van der Waals surface area contributed by atoms with Crippen LogP contribution in [0.2, 0.25) is 0 Å². The molecule has 0 bridgehead atoms. The maximum atomic E-state index is 11.0. The van der Waals surface area contributed by atoms with E-state index in [9.17, 15) is 71.5 Å². The van der Waals surface area contributed by atoms with Crippen molar-refractivity contribution in [3.63, 3.8) is 0 Å². The summed E-state index contributed by atoms with van der Waals surface area (Å²) in [5.74, 6) is -7.73. The van der Waals surface area contributed by atoms with Gasteiger partial charge in [0.15, 0.2) is 6.29 Å². The number of aliphatic hydroxyl groups excluding tert-OH is 14. The first kappa shape index (κ1) is 37.0. The first-order chi connectivity index (χ1) is 21.2. The summed E-state index contributed by atoms with van der Waals surface area (Å²) in [6, 6.07) is 0. The molecular weight excluding hydrogens is 624 g/mol. The third-order valence-corrected chi connectivity index (χ3v) is 8.48. The minimum Gasteiger partial charge on any atom is -0.394 e. The highest BCUT2D eigenvalue weighted by atomic mass is 16.8. The van der Waals surface area contributed by atoms with Gasteiger partial charge in [0.2, 0.25) is 17.4 Å². The van der Waals surface area contributed by atoms with Crippen LogP contribution >= 0.6 is 0 Å². The lowest BCUT2D eigenvalue weighted by Crippen LogP contribution is -2.63. The molecule has 45 heavy (non-hydrogen) atoms. The van der Waals surface area contributed by atoms with Gasteiger partial charge >= 0.3 is 0 Å². The van der Waals surface area contributed by atoms with Crippen molar-refractivity contribution in [2.45, 2.75) is 103 Å². The van der Waals surface area contributed by atoms with E-state index in [-0.39, 0.29) is 0 Å². The van der Waals surface area contributed by atoms with E-state index in [2.05, 4.69) is 0 Å². The molecule has 5 unspecified atom stereocenters. The van der Waals surface area contributed by atoms with E-state index in [1.165, 1.54) is 0 Å². The van der Waals surface area contributed by atoms with Crippen LogP contribution in [0.5, 0.6) is 0 Å². The van der Waals surface area contributed by atoms with Gasteiger partial charge in [-0.25, -0.2) is 0 Å². The number of aliphatic hydroxyl groups is 14. The van der Waals surface area contributed by atoms with Gasteiger partial charge in [-0.3, -0.25) is 0 Å². The van der Waals surface area contributed by atoms with Gasteiger partial charge in [0.25, 0.3) is 0 Å². The van der Waals surface area contributed by atoms with Crippen LogP contribution < -0.4 is 0 Å². The molecule has 21 nitrogen and oxygen atoms in total. The zero-order valence-electron chi connectivity index (χ0n) is 23.7. The average Bonchev–Trinajstić information content (AvgIpc) is 3.55. The normalized spacial score (nSPS) is 52.1. The second-order valence-corrected chi connectivity index (χ2v) is 11.3. The van der Waals surface area contributed by atoms with Gasteiger partial charge in [0.05, 0.1) is 26.4 Å². The summed E-state index contributed by atoms with van der Waals surface area (Å²) < 4.78 is 38.7. The fourth-order valence-electron chi connectivity index (χ4n) is 5.65. The Morgan fingerprint density at radius 2 is 0.844 bits per heavy atom. The summed E-state index contributed by atoms with van der Waals surface area (Å²) in [6.45, 7) is -6.84. The lowest BCUT2D eigenvalue weighted by molar-refractivity contribution is -0.404. The highest BCUT2D eigenvalue weighted by molar-refractivity contribution is 5.03. The molecule has 0 aromatic heterocycles. The molecule has 0 spiro atoms. The van der Waals surface area contributed by atoms with E-state index in [0.717, 1.165) is 0 Å². The van der Waals surface area contributed by atoms with Crippen molar-refractivity contribution in [2.24, 2.45) is 0 Å². The van der Waals surface area contributed by atoms with E-state index in [1.807, 2.05) is 0 Å². The van der Waals surface area contributed by atoms with Crippen molar-refractivity contribution < 1.29 is 105 Å². The Balaban J connectivity index is 1.65. The fraction of sp³-hybridized carbons (Fsp3) is 1.00. The molecule has 0 saturated carbocycles. The maximum absolute atomic E-state index is 11.0. The third-order valence-electron chi connectivity index (χ3n) is 8.48. The van der Waals surface area contributed by atoms with Gasteiger partial charge in [0.1, 0.15) is 99.2 Å². The van der Waals surface area contributed by atoms with E-state index in [0.29, 0.717) is 0 Å².